The standard InChI is InChI=1S/C21H27ClN2O4S/c1-14-10-15(2)12-18(11-14)24(29(5,26)27)17(4)21(25)23-8-9-28-19-7-6-16(3)20(22)13-19/h6-7,10-13,17H,8-9H2,1-5H3,(H,23,25)/t17-/m0/s1. The van der Waals surface area contributed by atoms with Gasteiger partial charge in [0.2, 0.25) is 15.9 Å². The smallest absolute Gasteiger partial charge is 0.243 e. The number of benzene rings is 2. The normalized spacial score (nSPS) is 12.3. The maximum atomic E-state index is 12.6. The molecule has 1 N–H and O–H groups in total. The van der Waals surface area contributed by atoms with E-state index in [-0.39, 0.29) is 13.2 Å². The summed E-state index contributed by atoms with van der Waals surface area (Å²) in [5, 5.41) is 3.34. The lowest BCUT2D eigenvalue weighted by Gasteiger charge is -2.28. The molecule has 0 fully saturated rings. The Kier molecular flexibility index (Phi) is 7.54. The molecule has 0 radical (unpaired) electrons. The third-order valence-corrected chi connectivity index (χ3v) is 6.01. The van der Waals surface area contributed by atoms with E-state index in [1.165, 1.54) is 0 Å². The van der Waals surface area contributed by atoms with E-state index in [2.05, 4.69) is 5.32 Å². The zero-order valence-electron chi connectivity index (χ0n) is 17.3. The average Bonchev–Trinajstić information content (AvgIpc) is 2.59. The largest absolute Gasteiger partial charge is 0.492 e. The van der Waals surface area contributed by atoms with Crippen molar-refractivity contribution in [1.82, 2.24) is 5.32 Å². The molecule has 0 aliphatic heterocycles. The van der Waals surface area contributed by atoms with E-state index in [0.29, 0.717) is 16.5 Å². The summed E-state index contributed by atoms with van der Waals surface area (Å²) in [6.45, 7) is 7.71. The minimum Gasteiger partial charge on any atom is -0.492 e. The van der Waals surface area contributed by atoms with Crippen LogP contribution in [0.25, 0.3) is 0 Å². The van der Waals surface area contributed by atoms with Crippen LogP contribution in [0.4, 0.5) is 5.69 Å². The fourth-order valence-electron chi connectivity index (χ4n) is 3.04. The Hall–Kier alpha value is -2.25. The van der Waals surface area contributed by atoms with Crippen molar-refractivity contribution in [2.24, 2.45) is 0 Å². The quantitative estimate of drug-likeness (QED) is 0.639. The number of nitrogens with zero attached hydrogens (tertiary/aromatic N) is 1. The first kappa shape index (κ1) is 23.0. The van der Waals surface area contributed by atoms with Crippen LogP contribution in [0.2, 0.25) is 5.02 Å². The van der Waals surface area contributed by atoms with Crippen LogP contribution in [0.1, 0.15) is 23.6 Å². The molecule has 1 atom stereocenters. The number of amides is 1. The van der Waals surface area contributed by atoms with Crippen LogP contribution >= 0.6 is 11.6 Å². The Bertz CT molecular complexity index is 972. The van der Waals surface area contributed by atoms with Crippen LogP contribution in [0.3, 0.4) is 0 Å². The van der Waals surface area contributed by atoms with Crippen molar-refractivity contribution in [3.05, 3.63) is 58.1 Å². The molecule has 0 unspecified atom stereocenters. The molecule has 0 aromatic heterocycles. The molecule has 158 valence electrons. The maximum absolute atomic E-state index is 12.6. The number of carbonyl (C=O) groups excluding carboxylic acids is 1. The van der Waals surface area contributed by atoms with E-state index in [9.17, 15) is 13.2 Å². The summed E-state index contributed by atoms with van der Waals surface area (Å²) in [5.74, 6) is 0.205. The number of carbonyl (C=O) groups is 1. The molecule has 6 nitrogen and oxygen atoms in total. The van der Waals surface area contributed by atoms with Crippen LogP contribution in [-0.4, -0.2) is 39.8 Å². The van der Waals surface area contributed by atoms with Crippen molar-refractivity contribution in [1.29, 1.82) is 0 Å². The zero-order chi connectivity index (χ0) is 21.8. The molecule has 2 rings (SSSR count). The van der Waals surface area contributed by atoms with Crippen molar-refractivity contribution >= 4 is 33.2 Å². The van der Waals surface area contributed by atoms with Crippen molar-refractivity contribution in [2.45, 2.75) is 33.7 Å². The highest BCUT2D eigenvalue weighted by atomic mass is 35.5. The molecule has 0 heterocycles. The van der Waals surface area contributed by atoms with Gasteiger partial charge in [0.15, 0.2) is 0 Å². The molecule has 1 amide bonds. The van der Waals surface area contributed by atoms with Gasteiger partial charge in [0, 0.05) is 5.02 Å². The number of anilines is 1. The number of ether oxygens (including phenoxy) is 1. The third kappa shape index (κ3) is 6.37. The molecule has 8 heteroatoms. The van der Waals surface area contributed by atoms with Gasteiger partial charge >= 0.3 is 0 Å². The van der Waals surface area contributed by atoms with Gasteiger partial charge in [-0.3, -0.25) is 9.10 Å². The van der Waals surface area contributed by atoms with E-state index < -0.39 is 22.0 Å². The molecule has 2 aromatic rings. The topological polar surface area (TPSA) is 75.7 Å². The first-order valence-corrected chi connectivity index (χ1v) is 11.5. The highest BCUT2D eigenvalue weighted by Crippen LogP contribution is 2.24. The predicted octanol–water partition coefficient (Wildman–Crippen LogP) is 3.61. The average molecular weight is 439 g/mol. The summed E-state index contributed by atoms with van der Waals surface area (Å²) in [5.41, 5.74) is 3.27. The lowest BCUT2D eigenvalue weighted by atomic mass is 10.1. The van der Waals surface area contributed by atoms with Crippen LogP contribution in [0.15, 0.2) is 36.4 Å². The van der Waals surface area contributed by atoms with Crippen LogP contribution in [-0.2, 0) is 14.8 Å². The number of sulfonamides is 1. The molecule has 0 saturated carbocycles. The highest BCUT2D eigenvalue weighted by molar-refractivity contribution is 7.92. The Labute approximate surface area is 177 Å². The van der Waals surface area contributed by atoms with Crippen LogP contribution in [0, 0.1) is 20.8 Å². The van der Waals surface area contributed by atoms with Crippen molar-refractivity contribution < 1.29 is 17.9 Å². The van der Waals surface area contributed by atoms with Gasteiger partial charge in [0.05, 0.1) is 18.5 Å². The number of hydrogen-bond donors (Lipinski definition) is 1. The van der Waals surface area contributed by atoms with E-state index in [1.54, 1.807) is 31.2 Å². The van der Waals surface area contributed by atoms with E-state index in [4.69, 9.17) is 16.3 Å². The summed E-state index contributed by atoms with van der Waals surface area (Å²) in [4.78, 5) is 12.6. The van der Waals surface area contributed by atoms with Crippen molar-refractivity contribution in [2.75, 3.05) is 23.7 Å². The Balaban J connectivity index is 2.02. The maximum Gasteiger partial charge on any atom is 0.243 e. The second kappa shape index (κ2) is 9.50. The summed E-state index contributed by atoms with van der Waals surface area (Å²) in [7, 11) is -3.65. The Morgan fingerprint density at radius 2 is 1.76 bits per heavy atom. The SMILES string of the molecule is Cc1cc(C)cc(N([C@@H](C)C(=O)NCCOc2ccc(C)c(Cl)c2)S(C)(=O)=O)c1. The lowest BCUT2D eigenvalue weighted by molar-refractivity contribution is -0.121. The van der Waals surface area contributed by atoms with Gasteiger partial charge in [0.25, 0.3) is 0 Å². The first-order chi connectivity index (χ1) is 13.5. The molecule has 0 aliphatic rings. The number of nitrogens with one attached hydrogen (secondary N) is 1. The van der Waals surface area contributed by atoms with Gasteiger partial charge in [-0.05, 0) is 68.7 Å². The fourth-order valence-corrected chi connectivity index (χ4v) is 4.37. The van der Waals surface area contributed by atoms with E-state index in [0.717, 1.165) is 27.3 Å². The van der Waals surface area contributed by atoms with Gasteiger partial charge in [-0.25, -0.2) is 8.42 Å². The Morgan fingerprint density at radius 1 is 1.14 bits per heavy atom. The van der Waals surface area contributed by atoms with Crippen LogP contribution < -0.4 is 14.4 Å². The summed E-state index contributed by atoms with van der Waals surface area (Å²) >= 11 is 6.06. The molecule has 2 aromatic carbocycles. The Morgan fingerprint density at radius 3 is 2.31 bits per heavy atom. The van der Waals surface area contributed by atoms with Gasteiger partial charge in [0.1, 0.15) is 18.4 Å². The van der Waals surface area contributed by atoms with Crippen LogP contribution in [0.5, 0.6) is 5.75 Å². The van der Waals surface area contributed by atoms with E-state index in [1.807, 2.05) is 32.9 Å². The number of aryl methyl sites for hydroxylation is 3. The van der Waals surface area contributed by atoms with Gasteiger partial charge in [-0.1, -0.05) is 23.7 Å². The lowest BCUT2D eigenvalue weighted by Crippen LogP contribution is -2.48. The second-order valence-corrected chi connectivity index (χ2v) is 9.40. The zero-order valence-corrected chi connectivity index (χ0v) is 18.9. The molecule has 0 spiro atoms. The number of halogens is 1. The molecule has 29 heavy (non-hydrogen) atoms. The molecule has 0 saturated heterocycles. The fraction of sp³-hybridized carbons (Fsp3) is 0.381. The van der Waals surface area contributed by atoms with Crippen molar-refractivity contribution in [3.8, 4) is 5.75 Å². The summed E-state index contributed by atoms with van der Waals surface area (Å²) < 4.78 is 31.5. The summed E-state index contributed by atoms with van der Waals surface area (Å²) in [6, 6.07) is 9.92. The minimum absolute atomic E-state index is 0.235. The minimum atomic E-state index is -3.65. The highest BCUT2D eigenvalue weighted by Gasteiger charge is 2.29. The number of rotatable bonds is 8. The third-order valence-electron chi connectivity index (χ3n) is 4.36. The van der Waals surface area contributed by atoms with Gasteiger partial charge in [-0.15, -0.1) is 0 Å². The number of hydrogen-bond acceptors (Lipinski definition) is 4. The molecule has 0 bridgehead atoms. The van der Waals surface area contributed by atoms with E-state index >= 15 is 0 Å². The predicted molar refractivity (Wildman–Crippen MR) is 117 cm³/mol. The van der Waals surface area contributed by atoms with Gasteiger partial charge < -0.3 is 10.1 Å². The second-order valence-electron chi connectivity index (χ2n) is 7.13. The molecular weight excluding hydrogens is 412 g/mol. The molecular formula is C21H27ClN2O4S. The van der Waals surface area contributed by atoms with Crippen molar-refractivity contribution in [3.63, 3.8) is 0 Å². The molecule has 0 aliphatic carbocycles. The van der Waals surface area contributed by atoms with Gasteiger partial charge in [-0.2, -0.15) is 0 Å². The summed E-state index contributed by atoms with van der Waals surface area (Å²) in [6.07, 6.45) is 1.10. The monoisotopic (exact) mass is 438 g/mol. The first-order valence-electron chi connectivity index (χ1n) is 9.23.